The van der Waals surface area contributed by atoms with Gasteiger partial charge in [0.1, 0.15) is 11.6 Å². The number of amides is 1. The second-order valence-corrected chi connectivity index (χ2v) is 5.43. The summed E-state index contributed by atoms with van der Waals surface area (Å²) in [5.41, 5.74) is 0.315. The minimum atomic E-state index is -1.08. The molecule has 21 heavy (non-hydrogen) atoms. The van der Waals surface area contributed by atoms with Crippen LogP contribution in [0.25, 0.3) is 0 Å². The highest BCUT2D eigenvalue weighted by Gasteiger charge is 2.23. The smallest absolute Gasteiger partial charge is 0.408 e. The van der Waals surface area contributed by atoms with Gasteiger partial charge in [-0.1, -0.05) is 0 Å². The van der Waals surface area contributed by atoms with Crippen LogP contribution in [0, 0.1) is 0 Å². The van der Waals surface area contributed by atoms with Crippen molar-refractivity contribution < 1.29 is 19.4 Å². The van der Waals surface area contributed by atoms with E-state index in [1.54, 1.807) is 33.2 Å². The van der Waals surface area contributed by atoms with Crippen LogP contribution in [-0.2, 0) is 16.0 Å². The van der Waals surface area contributed by atoms with Gasteiger partial charge in [0, 0.05) is 12.4 Å². The molecule has 6 nitrogen and oxygen atoms in total. The zero-order valence-corrected chi connectivity index (χ0v) is 13.1. The Bertz CT molecular complexity index is 460. The van der Waals surface area contributed by atoms with Crippen LogP contribution in [0.1, 0.15) is 32.8 Å². The summed E-state index contributed by atoms with van der Waals surface area (Å²) in [4.78, 5) is 26.6. The van der Waals surface area contributed by atoms with Crippen LogP contribution in [0.15, 0.2) is 24.5 Å². The molecular formula is C14H21ClN2O4. The number of pyridine rings is 1. The largest absolute Gasteiger partial charge is 0.480 e. The summed E-state index contributed by atoms with van der Waals surface area (Å²) >= 11 is 0. The van der Waals surface area contributed by atoms with Crippen LogP contribution in [-0.4, -0.2) is 33.8 Å². The molecule has 7 heteroatoms. The Labute approximate surface area is 130 Å². The summed E-state index contributed by atoms with van der Waals surface area (Å²) in [5, 5.41) is 11.5. The minimum absolute atomic E-state index is 0. The molecule has 1 heterocycles. The van der Waals surface area contributed by atoms with Gasteiger partial charge in [-0.25, -0.2) is 9.59 Å². The number of carbonyl (C=O) groups is 2. The SMILES string of the molecule is CC(C)(C)OC(=O)N[C@@H](CCc1ccncc1)C(=O)O.Cl. The van der Waals surface area contributed by atoms with Crippen molar-refractivity contribution in [3.63, 3.8) is 0 Å². The lowest BCUT2D eigenvalue weighted by Crippen LogP contribution is -2.43. The number of rotatable bonds is 5. The van der Waals surface area contributed by atoms with Crippen molar-refractivity contribution in [2.75, 3.05) is 0 Å². The van der Waals surface area contributed by atoms with E-state index in [9.17, 15) is 9.59 Å². The van der Waals surface area contributed by atoms with Gasteiger partial charge in [-0.3, -0.25) is 4.98 Å². The van der Waals surface area contributed by atoms with E-state index >= 15 is 0 Å². The summed E-state index contributed by atoms with van der Waals surface area (Å²) in [6.45, 7) is 5.16. The Hall–Kier alpha value is -1.82. The van der Waals surface area contributed by atoms with Gasteiger partial charge in [-0.05, 0) is 51.3 Å². The number of nitrogens with one attached hydrogen (secondary N) is 1. The van der Waals surface area contributed by atoms with Crippen molar-refractivity contribution in [3.8, 4) is 0 Å². The van der Waals surface area contributed by atoms with Gasteiger partial charge in [0.2, 0.25) is 0 Å². The summed E-state index contributed by atoms with van der Waals surface area (Å²) in [7, 11) is 0. The van der Waals surface area contributed by atoms with E-state index in [4.69, 9.17) is 9.84 Å². The molecule has 0 aliphatic carbocycles. The summed E-state index contributed by atoms with van der Waals surface area (Å²) < 4.78 is 5.05. The molecular weight excluding hydrogens is 296 g/mol. The van der Waals surface area contributed by atoms with Gasteiger partial charge in [0.05, 0.1) is 0 Å². The molecule has 0 bridgehead atoms. The van der Waals surface area contributed by atoms with Crippen molar-refractivity contribution in [1.82, 2.24) is 10.3 Å². The van der Waals surface area contributed by atoms with E-state index in [1.165, 1.54) is 0 Å². The van der Waals surface area contributed by atoms with Gasteiger partial charge in [0.25, 0.3) is 0 Å². The molecule has 0 radical (unpaired) electrons. The average Bonchev–Trinajstić information content (AvgIpc) is 2.33. The zero-order chi connectivity index (χ0) is 15.2. The molecule has 0 saturated heterocycles. The third-order valence-corrected chi connectivity index (χ3v) is 2.46. The van der Waals surface area contributed by atoms with Crippen LogP contribution in [0.5, 0.6) is 0 Å². The molecule has 0 spiro atoms. The Balaban J connectivity index is 0.00000400. The number of carboxylic acid groups (broad SMARTS) is 1. The molecule has 0 unspecified atom stereocenters. The summed E-state index contributed by atoms with van der Waals surface area (Å²) in [5.74, 6) is -1.08. The van der Waals surface area contributed by atoms with E-state index in [0.717, 1.165) is 5.56 Å². The molecule has 1 rings (SSSR count). The molecule has 0 aromatic carbocycles. The van der Waals surface area contributed by atoms with Crippen molar-refractivity contribution in [1.29, 1.82) is 0 Å². The Kier molecular flexibility index (Phi) is 7.73. The molecule has 0 saturated carbocycles. The number of nitrogens with zero attached hydrogens (tertiary/aromatic N) is 1. The second-order valence-electron chi connectivity index (χ2n) is 5.43. The molecule has 0 fully saturated rings. The fourth-order valence-electron chi connectivity index (χ4n) is 1.57. The normalized spacial score (nSPS) is 12.0. The van der Waals surface area contributed by atoms with Gasteiger partial charge in [-0.15, -0.1) is 12.4 Å². The average molecular weight is 317 g/mol. The third kappa shape index (κ3) is 8.14. The molecule has 1 atom stereocenters. The van der Waals surface area contributed by atoms with Crippen molar-refractivity contribution >= 4 is 24.5 Å². The van der Waals surface area contributed by atoms with E-state index in [2.05, 4.69) is 10.3 Å². The van der Waals surface area contributed by atoms with E-state index < -0.39 is 23.7 Å². The van der Waals surface area contributed by atoms with Gasteiger partial charge in [-0.2, -0.15) is 0 Å². The zero-order valence-electron chi connectivity index (χ0n) is 12.3. The number of alkyl carbamates (subject to hydrolysis) is 1. The van der Waals surface area contributed by atoms with E-state index in [-0.39, 0.29) is 12.4 Å². The number of aromatic nitrogens is 1. The van der Waals surface area contributed by atoms with Crippen molar-refractivity contribution in [2.24, 2.45) is 0 Å². The highest BCUT2D eigenvalue weighted by molar-refractivity contribution is 5.85. The fraction of sp³-hybridized carbons (Fsp3) is 0.500. The highest BCUT2D eigenvalue weighted by atomic mass is 35.5. The maximum Gasteiger partial charge on any atom is 0.408 e. The molecule has 1 aromatic heterocycles. The number of hydrogen-bond donors (Lipinski definition) is 2. The standard InChI is InChI=1S/C14H20N2O4.ClH/c1-14(2,3)20-13(19)16-11(12(17)18)5-4-10-6-8-15-9-7-10;/h6-9,11H,4-5H2,1-3H3,(H,16,19)(H,17,18);1H/t11-;/m0./s1. The lowest BCUT2D eigenvalue weighted by Gasteiger charge is -2.22. The summed E-state index contributed by atoms with van der Waals surface area (Å²) in [6.07, 6.45) is 3.40. The van der Waals surface area contributed by atoms with Crippen molar-refractivity contribution in [2.45, 2.75) is 45.3 Å². The molecule has 1 amide bonds. The predicted molar refractivity (Wildman–Crippen MR) is 80.6 cm³/mol. The number of aryl methyl sites for hydroxylation is 1. The number of hydrogen-bond acceptors (Lipinski definition) is 4. The Morgan fingerprint density at radius 2 is 1.90 bits per heavy atom. The summed E-state index contributed by atoms with van der Waals surface area (Å²) in [6, 6.07) is 2.65. The molecule has 1 aromatic rings. The fourth-order valence-corrected chi connectivity index (χ4v) is 1.57. The van der Waals surface area contributed by atoms with E-state index in [0.29, 0.717) is 12.8 Å². The lowest BCUT2D eigenvalue weighted by atomic mass is 10.1. The molecule has 0 aliphatic rings. The first-order valence-corrected chi connectivity index (χ1v) is 6.39. The van der Waals surface area contributed by atoms with Crippen LogP contribution < -0.4 is 5.32 Å². The first kappa shape index (κ1) is 19.2. The Morgan fingerprint density at radius 1 is 1.33 bits per heavy atom. The first-order valence-electron chi connectivity index (χ1n) is 6.39. The maximum atomic E-state index is 11.6. The van der Waals surface area contributed by atoms with E-state index in [1.807, 2.05) is 12.1 Å². The quantitative estimate of drug-likeness (QED) is 0.871. The van der Waals surface area contributed by atoms with Crippen LogP contribution >= 0.6 is 12.4 Å². The number of ether oxygens (including phenoxy) is 1. The van der Waals surface area contributed by atoms with Gasteiger partial charge in [0.15, 0.2) is 0 Å². The van der Waals surface area contributed by atoms with Crippen LogP contribution in [0.3, 0.4) is 0 Å². The third-order valence-electron chi connectivity index (χ3n) is 2.46. The molecule has 118 valence electrons. The maximum absolute atomic E-state index is 11.6. The highest BCUT2D eigenvalue weighted by Crippen LogP contribution is 2.08. The lowest BCUT2D eigenvalue weighted by molar-refractivity contribution is -0.139. The number of carbonyl (C=O) groups excluding carboxylic acids is 1. The molecule has 0 aliphatic heterocycles. The molecule has 2 N–H and O–H groups in total. The Morgan fingerprint density at radius 3 is 2.38 bits per heavy atom. The number of aliphatic carboxylic acids is 1. The number of halogens is 1. The minimum Gasteiger partial charge on any atom is -0.480 e. The topological polar surface area (TPSA) is 88.5 Å². The van der Waals surface area contributed by atoms with Crippen molar-refractivity contribution in [3.05, 3.63) is 30.1 Å². The second kappa shape index (κ2) is 8.46. The number of carboxylic acids is 1. The van der Waals surface area contributed by atoms with Gasteiger partial charge < -0.3 is 15.2 Å². The van der Waals surface area contributed by atoms with Gasteiger partial charge >= 0.3 is 12.1 Å². The van der Waals surface area contributed by atoms with Crippen LogP contribution in [0.4, 0.5) is 4.79 Å². The monoisotopic (exact) mass is 316 g/mol. The predicted octanol–water partition coefficient (Wildman–Crippen LogP) is 2.41. The van der Waals surface area contributed by atoms with Crippen LogP contribution in [0.2, 0.25) is 0 Å². The first-order chi connectivity index (χ1) is 9.28.